The predicted molar refractivity (Wildman–Crippen MR) is 104 cm³/mol. The Morgan fingerprint density at radius 1 is 1.31 bits per heavy atom. The molecule has 0 saturated heterocycles. The maximum Gasteiger partial charge on any atom is 0.331 e. The van der Waals surface area contributed by atoms with E-state index >= 15 is 0 Å². The Morgan fingerprint density at radius 3 is 2.54 bits per heavy atom. The van der Waals surface area contributed by atoms with Crippen LogP contribution in [-0.2, 0) is 15.9 Å². The summed E-state index contributed by atoms with van der Waals surface area (Å²) in [5, 5.41) is 8.67. The van der Waals surface area contributed by atoms with Crippen molar-refractivity contribution in [2.75, 3.05) is 17.7 Å². The van der Waals surface area contributed by atoms with Crippen LogP contribution in [0.5, 0.6) is 5.75 Å². The number of anilines is 2. The molecule has 138 valence electrons. The molecule has 0 saturated carbocycles. The van der Waals surface area contributed by atoms with Crippen LogP contribution < -0.4 is 9.64 Å². The Labute approximate surface area is 158 Å². The third kappa shape index (κ3) is 4.87. The number of carboxylic acids is 1. The van der Waals surface area contributed by atoms with E-state index < -0.39 is 17.0 Å². The highest BCUT2D eigenvalue weighted by atomic mass is 32.2. The number of hydrogen-bond acceptors (Lipinski definition) is 5. The van der Waals surface area contributed by atoms with Gasteiger partial charge in [-0.3, -0.25) is 0 Å². The van der Waals surface area contributed by atoms with Crippen LogP contribution in [0.4, 0.5) is 11.4 Å². The second-order valence-electron chi connectivity index (χ2n) is 5.06. The summed E-state index contributed by atoms with van der Waals surface area (Å²) in [5.41, 5.74) is 1.49. The Kier molecular flexibility index (Phi) is 7.26. The van der Waals surface area contributed by atoms with Crippen molar-refractivity contribution >= 4 is 40.2 Å². The molecule has 1 atom stereocenters. The van der Waals surface area contributed by atoms with E-state index in [4.69, 9.17) is 9.84 Å². The molecule has 2 rings (SSSR count). The number of carbonyl (C=O) groups is 1. The van der Waals surface area contributed by atoms with Crippen LogP contribution >= 0.6 is 11.8 Å². The summed E-state index contributed by atoms with van der Waals surface area (Å²) in [4.78, 5) is 13.4. The minimum absolute atomic E-state index is 0.187. The van der Waals surface area contributed by atoms with Gasteiger partial charge >= 0.3 is 5.97 Å². The normalized spacial score (nSPS) is 12.1. The monoisotopic (exact) mass is 393 g/mol. The van der Waals surface area contributed by atoms with Gasteiger partial charge in [0.25, 0.3) is 0 Å². The second kappa shape index (κ2) is 9.42. The van der Waals surface area contributed by atoms with Gasteiger partial charge in [0.2, 0.25) is 0 Å². The van der Waals surface area contributed by atoms with Crippen molar-refractivity contribution in [1.82, 2.24) is 0 Å². The van der Waals surface area contributed by atoms with Crippen LogP contribution in [0.2, 0.25) is 0 Å². The number of hydrogen-bond donors (Lipinski definition) is 2. The fourth-order valence-corrected chi connectivity index (χ4v) is 3.49. The van der Waals surface area contributed by atoms with E-state index in [2.05, 4.69) is 0 Å². The van der Waals surface area contributed by atoms with Gasteiger partial charge in [0.15, 0.2) is 11.1 Å². The highest BCUT2D eigenvalue weighted by Crippen LogP contribution is 2.39. The molecule has 1 unspecified atom stereocenters. The molecular formula is C18H19NO5S2. The average molecular weight is 393 g/mol. The van der Waals surface area contributed by atoms with Gasteiger partial charge in [0.1, 0.15) is 5.75 Å². The minimum atomic E-state index is -2.24. The predicted octanol–water partition coefficient (Wildman–Crippen LogP) is 4.12. The van der Waals surface area contributed by atoms with Crippen LogP contribution in [0.25, 0.3) is 0 Å². The molecular weight excluding hydrogens is 374 g/mol. The molecule has 0 aromatic heterocycles. The zero-order valence-electron chi connectivity index (χ0n) is 14.3. The Bertz CT molecular complexity index is 824. The van der Waals surface area contributed by atoms with Gasteiger partial charge in [-0.15, -0.1) is 11.8 Å². The van der Waals surface area contributed by atoms with E-state index in [0.29, 0.717) is 18.0 Å². The van der Waals surface area contributed by atoms with Crippen molar-refractivity contribution in [3.8, 4) is 5.75 Å². The number of ether oxygens (including phenoxy) is 1. The van der Waals surface area contributed by atoms with Crippen LogP contribution in [0, 0.1) is 0 Å². The lowest BCUT2D eigenvalue weighted by Crippen LogP contribution is -2.18. The SMILES string of the molecule is CCN(c1ccccc1)c1cc(SC)c(O/C=C/C(=O)O)cc1S(=O)O. The Hall–Kier alpha value is -2.29. The molecule has 2 aromatic carbocycles. The number of aliphatic carboxylic acids is 1. The summed E-state index contributed by atoms with van der Waals surface area (Å²) in [6, 6.07) is 12.8. The van der Waals surface area contributed by atoms with Crippen molar-refractivity contribution in [1.29, 1.82) is 0 Å². The molecule has 0 radical (unpaired) electrons. The van der Waals surface area contributed by atoms with Crippen molar-refractivity contribution in [3.63, 3.8) is 0 Å². The lowest BCUT2D eigenvalue weighted by atomic mass is 10.2. The van der Waals surface area contributed by atoms with E-state index in [1.54, 1.807) is 6.07 Å². The molecule has 2 N–H and O–H groups in total. The molecule has 0 amide bonds. The third-order valence-electron chi connectivity index (χ3n) is 3.51. The molecule has 0 aliphatic carbocycles. The van der Waals surface area contributed by atoms with Crippen molar-refractivity contribution < 1.29 is 23.4 Å². The molecule has 0 aliphatic heterocycles. The lowest BCUT2D eigenvalue weighted by Gasteiger charge is -2.26. The summed E-state index contributed by atoms with van der Waals surface area (Å²) in [7, 11) is 0. The molecule has 8 heteroatoms. The van der Waals surface area contributed by atoms with Gasteiger partial charge in [-0.2, -0.15) is 0 Å². The topological polar surface area (TPSA) is 87.1 Å². The minimum Gasteiger partial charge on any atom is -0.478 e. The zero-order valence-corrected chi connectivity index (χ0v) is 15.9. The molecule has 2 aromatic rings. The average Bonchev–Trinajstić information content (AvgIpc) is 2.63. The standard InChI is InChI=1S/C18H19NO5S2/c1-3-19(13-7-5-4-6-8-13)14-11-16(25-2)15(12-17(14)26(22)23)24-10-9-18(20)21/h4-12H,3H2,1-2H3,(H,20,21)(H,22,23)/b10-9+. The largest absolute Gasteiger partial charge is 0.478 e. The highest BCUT2D eigenvalue weighted by Gasteiger charge is 2.19. The number of carboxylic acid groups (broad SMARTS) is 1. The molecule has 0 aliphatic rings. The highest BCUT2D eigenvalue weighted by molar-refractivity contribution is 7.98. The first-order chi connectivity index (χ1) is 12.5. The first-order valence-electron chi connectivity index (χ1n) is 7.69. The Morgan fingerprint density at radius 2 is 2.00 bits per heavy atom. The van der Waals surface area contributed by atoms with Crippen LogP contribution in [0.3, 0.4) is 0 Å². The van der Waals surface area contributed by atoms with Gasteiger partial charge in [-0.25, -0.2) is 9.00 Å². The van der Waals surface area contributed by atoms with E-state index in [9.17, 15) is 13.6 Å². The number of benzene rings is 2. The molecule has 0 spiro atoms. The van der Waals surface area contributed by atoms with Crippen LogP contribution in [-0.4, -0.2) is 32.6 Å². The van der Waals surface area contributed by atoms with E-state index in [-0.39, 0.29) is 4.90 Å². The fraction of sp³-hybridized carbons (Fsp3) is 0.167. The number of nitrogens with zero attached hydrogens (tertiary/aromatic N) is 1. The maximum atomic E-state index is 11.9. The van der Waals surface area contributed by atoms with Crippen molar-refractivity contribution in [2.45, 2.75) is 16.7 Å². The van der Waals surface area contributed by atoms with Gasteiger partial charge in [-0.1, -0.05) is 18.2 Å². The summed E-state index contributed by atoms with van der Waals surface area (Å²) >= 11 is -0.844. The van der Waals surface area contributed by atoms with Crippen molar-refractivity contribution in [3.05, 3.63) is 54.8 Å². The van der Waals surface area contributed by atoms with Gasteiger partial charge in [0, 0.05) is 18.3 Å². The van der Waals surface area contributed by atoms with Gasteiger partial charge in [-0.05, 0) is 31.4 Å². The second-order valence-corrected chi connectivity index (χ2v) is 6.84. The molecule has 26 heavy (non-hydrogen) atoms. The summed E-state index contributed by atoms with van der Waals surface area (Å²) in [6.07, 6.45) is 3.74. The molecule has 0 bridgehead atoms. The molecule has 6 nitrogen and oxygen atoms in total. The van der Waals surface area contributed by atoms with E-state index in [0.717, 1.165) is 22.9 Å². The first kappa shape index (κ1) is 20.0. The summed E-state index contributed by atoms with van der Waals surface area (Å²) in [5.74, 6) is -0.820. The third-order valence-corrected chi connectivity index (χ3v) is 4.98. The molecule has 0 heterocycles. The van der Waals surface area contributed by atoms with Crippen LogP contribution in [0.1, 0.15) is 6.92 Å². The lowest BCUT2D eigenvalue weighted by molar-refractivity contribution is -0.131. The Balaban J connectivity index is 2.54. The number of thioether (sulfide) groups is 1. The number of para-hydroxylation sites is 1. The fourth-order valence-electron chi connectivity index (χ4n) is 2.40. The van der Waals surface area contributed by atoms with E-state index in [1.807, 2.05) is 48.4 Å². The van der Waals surface area contributed by atoms with E-state index in [1.165, 1.54) is 17.8 Å². The van der Waals surface area contributed by atoms with Crippen molar-refractivity contribution in [2.24, 2.45) is 0 Å². The first-order valence-corrected chi connectivity index (χ1v) is 10.0. The number of rotatable bonds is 8. The quantitative estimate of drug-likeness (QED) is 0.302. The molecule has 0 fully saturated rings. The van der Waals surface area contributed by atoms with Crippen LogP contribution in [0.15, 0.2) is 64.6 Å². The summed E-state index contributed by atoms with van der Waals surface area (Å²) < 4.78 is 27.0. The van der Waals surface area contributed by atoms with Gasteiger partial charge in [0.05, 0.1) is 27.8 Å². The summed E-state index contributed by atoms with van der Waals surface area (Å²) in [6.45, 7) is 2.55. The smallest absolute Gasteiger partial charge is 0.331 e. The zero-order chi connectivity index (χ0) is 19.1. The maximum absolute atomic E-state index is 11.9. The van der Waals surface area contributed by atoms with Gasteiger partial charge < -0.3 is 19.3 Å².